The molecule has 4 heterocycles. The molecule has 0 saturated carbocycles. The van der Waals surface area contributed by atoms with Crippen molar-refractivity contribution in [2.24, 2.45) is 5.92 Å². The Bertz CT molecular complexity index is 786. The summed E-state index contributed by atoms with van der Waals surface area (Å²) >= 11 is 0. The maximum atomic E-state index is 12.9. The van der Waals surface area contributed by atoms with Gasteiger partial charge in [-0.1, -0.05) is 35.5 Å². The van der Waals surface area contributed by atoms with Gasteiger partial charge in [-0.25, -0.2) is 0 Å². The molecule has 2 aromatic rings. The second-order valence-electron chi connectivity index (χ2n) is 6.91. The van der Waals surface area contributed by atoms with Gasteiger partial charge in [0.1, 0.15) is 5.76 Å². The van der Waals surface area contributed by atoms with E-state index >= 15 is 0 Å². The molecule has 3 aliphatic rings. The molecule has 3 aliphatic heterocycles. The van der Waals surface area contributed by atoms with Gasteiger partial charge in [-0.3, -0.25) is 9.59 Å². The normalized spacial score (nSPS) is 23.0. The Hall–Kier alpha value is -2.63. The van der Waals surface area contributed by atoms with Gasteiger partial charge in [-0.15, -0.1) is 0 Å². The monoisotopic (exact) mass is 339 g/mol. The first-order chi connectivity index (χ1) is 12.1. The first kappa shape index (κ1) is 15.9. The maximum Gasteiger partial charge on any atom is 0.276 e. The van der Waals surface area contributed by atoms with E-state index < -0.39 is 0 Å². The van der Waals surface area contributed by atoms with Crippen molar-refractivity contribution in [3.8, 4) is 0 Å². The van der Waals surface area contributed by atoms with E-state index in [0.717, 1.165) is 18.4 Å². The van der Waals surface area contributed by atoms with Gasteiger partial charge in [-0.05, 0) is 25.3 Å². The Morgan fingerprint density at radius 3 is 2.76 bits per heavy atom. The summed E-state index contributed by atoms with van der Waals surface area (Å²) in [6.45, 7) is 3.39. The van der Waals surface area contributed by atoms with Gasteiger partial charge >= 0.3 is 0 Å². The summed E-state index contributed by atoms with van der Waals surface area (Å²) in [5.41, 5.74) is 1.44. The number of aryl methyl sites for hydroxylation is 1. The third-order valence-electron chi connectivity index (χ3n) is 5.12. The van der Waals surface area contributed by atoms with E-state index in [1.165, 1.54) is 0 Å². The average Bonchev–Trinajstić information content (AvgIpc) is 2.88. The molecular weight excluding hydrogens is 318 g/mol. The summed E-state index contributed by atoms with van der Waals surface area (Å²) in [5, 5.41) is 3.83. The number of hydrogen-bond donors (Lipinski definition) is 0. The maximum absolute atomic E-state index is 12.9. The molecule has 0 spiro atoms. The van der Waals surface area contributed by atoms with Gasteiger partial charge in [0.05, 0.1) is 5.92 Å². The quantitative estimate of drug-likeness (QED) is 0.860. The topological polar surface area (TPSA) is 66.7 Å². The molecule has 5 rings (SSSR count). The Balaban J connectivity index is 1.55. The highest BCUT2D eigenvalue weighted by molar-refractivity contribution is 5.93. The highest BCUT2D eigenvalue weighted by Crippen LogP contribution is 2.31. The number of rotatable bonds is 3. The molecule has 6 nitrogen and oxygen atoms in total. The van der Waals surface area contributed by atoms with Gasteiger partial charge in [0.25, 0.3) is 5.91 Å². The number of hydrogen-bond acceptors (Lipinski definition) is 4. The van der Waals surface area contributed by atoms with E-state index in [4.69, 9.17) is 4.52 Å². The van der Waals surface area contributed by atoms with Crippen LogP contribution in [0.3, 0.4) is 0 Å². The standard InChI is InChI=1S/C19H21N3O3/c1-13-9-17(20-25-13)19(24)21-11-15-7-8-16(12-21)22(18(15)23)10-14-5-3-2-4-6-14/h2-6,9,15-16H,7-8,10-12H2,1H3/t15-,16+/m0/s1. The Kier molecular flexibility index (Phi) is 4.03. The van der Waals surface area contributed by atoms with Gasteiger partial charge in [-0.2, -0.15) is 0 Å². The van der Waals surface area contributed by atoms with Crippen LogP contribution in [0.1, 0.15) is 34.7 Å². The number of carbonyl (C=O) groups is 2. The minimum Gasteiger partial charge on any atom is -0.361 e. The molecule has 1 aromatic carbocycles. The van der Waals surface area contributed by atoms with Crippen molar-refractivity contribution >= 4 is 11.8 Å². The third kappa shape index (κ3) is 3.04. The van der Waals surface area contributed by atoms with Crippen molar-refractivity contribution in [1.82, 2.24) is 15.0 Å². The number of piperidine rings is 1. The summed E-state index contributed by atoms with van der Waals surface area (Å²) in [6, 6.07) is 11.7. The van der Waals surface area contributed by atoms with Crippen LogP contribution >= 0.6 is 0 Å². The number of benzene rings is 1. The zero-order valence-electron chi connectivity index (χ0n) is 14.2. The molecular formula is C19H21N3O3. The van der Waals surface area contributed by atoms with Crippen LogP contribution in [-0.4, -0.2) is 45.9 Å². The lowest BCUT2D eigenvalue weighted by atomic mass is 9.93. The van der Waals surface area contributed by atoms with Gasteiger partial charge < -0.3 is 14.3 Å². The van der Waals surface area contributed by atoms with E-state index in [-0.39, 0.29) is 23.8 Å². The predicted molar refractivity (Wildman–Crippen MR) is 90.6 cm³/mol. The van der Waals surface area contributed by atoms with E-state index in [2.05, 4.69) is 5.16 Å². The second kappa shape index (κ2) is 6.35. The molecule has 0 aliphatic carbocycles. The number of aromatic nitrogens is 1. The lowest BCUT2D eigenvalue weighted by Gasteiger charge is -2.36. The Morgan fingerprint density at radius 2 is 2.04 bits per heavy atom. The van der Waals surface area contributed by atoms with Crippen molar-refractivity contribution in [2.75, 3.05) is 13.1 Å². The summed E-state index contributed by atoms with van der Waals surface area (Å²) in [6.07, 6.45) is 1.78. The van der Waals surface area contributed by atoms with Crippen molar-refractivity contribution < 1.29 is 14.1 Å². The largest absolute Gasteiger partial charge is 0.361 e. The zero-order chi connectivity index (χ0) is 17.4. The summed E-state index contributed by atoms with van der Waals surface area (Å²) in [4.78, 5) is 29.3. The minimum atomic E-state index is -0.150. The summed E-state index contributed by atoms with van der Waals surface area (Å²) < 4.78 is 5.02. The summed E-state index contributed by atoms with van der Waals surface area (Å²) in [7, 11) is 0. The summed E-state index contributed by atoms with van der Waals surface area (Å²) in [5.74, 6) is 0.497. The molecule has 2 amide bonds. The SMILES string of the molecule is Cc1cc(C(=O)N2C[C@@H]3CC[C@H](C2)N(Cc2ccccc2)C3=O)no1. The predicted octanol–water partition coefficient (Wildman–Crippen LogP) is 2.25. The van der Waals surface area contributed by atoms with Crippen LogP contribution in [0.25, 0.3) is 0 Å². The molecule has 3 fully saturated rings. The van der Waals surface area contributed by atoms with Crippen LogP contribution < -0.4 is 0 Å². The number of amides is 2. The molecule has 0 N–H and O–H groups in total. The van der Waals surface area contributed by atoms with Crippen molar-refractivity contribution in [3.63, 3.8) is 0 Å². The molecule has 1 aromatic heterocycles. The van der Waals surface area contributed by atoms with Crippen LogP contribution in [0.2, 0.25) is 0 Å². The van der Waals surface area contributed by atoms with Crippen molar-refractivity contribution in [3.05, 3.63) is 53.4 Å². The molecule has 130 valence electrons. The highest BCUT2D eigenvalue weighted by Gasteiger charge is 2.42. The second-order valence-corrected chi connectivity index (χ2v) is 6.91. The van der Waals surface area contributed by atoms with Crippen molar-refractivity contribution in [1.29, 1.82) is 0 Å². The smallest absolute Gasteiger partial charge is 0.276 e. The molecule has 3 saturated heterocycles. The Morgan fingerprint density at radius 1 is 1.24 bits per heavy atom. The molecule has 0 unspecified atom stereocenters. The fourth-order valence-corrected chi connectivity index (χ4v) is 3.82. The number of nitrogens with zero attached hydrogens (tertiary/aromatic N) is 3. The molecule has 25 heavy (non-hydrogen) atoms. The van der Waals surface area contributed by atoms with Gasteiger partial charge in [0.2, 0.25) is 5.91 Å². The van der Waals surface area contributed by atoms with Crippen LogP contribution in [0.5, 0.6) is 0 Å². The Labute approximate surface area is 146 Å². The van der Waals surface area contributed by atoms with Crippen LogP contribution in [0.4, 0.5) is 0 Å². The molecule has 2 bridgehead atoms. The lowest BCUT2D eigenvalue weighted by Crippen LogP contribution is -2.47. The van der Waals surface area contributed by atoms with E-state index in [1.807, 2.05) is 35.2 Å². The van der Waals surface area contributed by atoms with E-state index in [9.17, 15) is 9.59 Å². The average molecular weight is 339 g/mol. The number of carbonyl (C=O) groups excluding carboxylic acids is 2. The van der Waals surface area contributed by atoms with Crippen LogP contribution in [0, 0.1) is 12.8 Å². The zero-order valence-corrected chi connectivity index (χ0v) is 14.2. The number of fused-ring (bicyclic) bond motifs is 4. The van der Waals surface area contributed by atoms with Crippen LogP contribution in [0.15, 0.2) is 40.9 Å². The fourth-order valence-electron chi connectivity index (χ4n) is 3.82. The van der Waals surface area contributed by atoms with E-state index in [1.54, 1.807) is 17.9 Å². The van der Waals surface area contributed by atoms with Gasteiger partial charge in [0.15, 0.2) is 5.69 Å². The van der Waals surface area contributed by atoms with Crippen molar-refractivity contribution in [2.45, 2.75) is 32.4 Å². The molecule has 2 atom stereocenters. The molecule has 0 radical (unpaired) electrons. The lowest BCUT2D eigenvalue weighted by molar-refractivity contribution is -0.140. The minimum absolute atomic E-state index is 0.0587. The fraction of sp³-hybridized carbons (Fsp3) is 0.421. The van der Waals surface area contributed by atoms with Gasteiger partial charge in [0, 0.05) is 31.7 Å². The first-order valence-electron chi connectivity index (χ1n) is 8.69. The van der Waals surface area contributed by atoms with Crippen LogP contribution in [-0.2, 0) is 11.3 Å². The third-order valence-corrected chi connectivity index (χ3v) is 5.12. The first-order valence-corrected chi connectivity index (χ1v) is 8.69. The highest BCUT2D eigenvalue weighted by atomic mass is 16.5. The molecule has 6 heteroatoms. The van der Waals surface area contributed by atoms with E-state index in [0.29, 0.717) is 31.1 Å².